The van der Waals surface area contributed by atoms with Crippen LogP contribution in [0, 0.1) is 5.82 Å². The highest BCUT2D eigenvalue weighted by atomic mass is 19.1. The molecule has 3 aromatic heterocycles. The highest BCUT2D eigenvalue weighted by Gasteiger charge is 2.47. The predicted octanol–water partition coefficient (Wildman–Crippen LogP) is 3.46. The number of benzene rings is 2. The molecule has 1 aliphatic heterocycles. The third kappa shape index (κ3) is 3.34. The molecule has 2 aromatic carbocycles. The zero-order chi connectivity index (χ0) is 25.0. The van der Waals surface area contributed by atoms with Gasteiger partial charge in [0.15, 0.2) is 11.5 Å². The summed E-state index contributed by atoms with van der Waals surface area (Å²) in [5, 5.41) is 12.8. The van der Waals surface area contributed by atoms with Crippen LogP contribution in [0.4, 0.5) is 16.0 Å². The zero-order valence-corrected chi connectivity index (χ0v) is 19.1. The minimum Gasteiger partial charge on any atom is -0.508 e. The first-order valence-corrected chi connectivity index (χ1v) is 11.2. The van der Waals surface area contributed by atoms with E-state index in [1.54, 1.807) is 48.1 Å². The van der Waals surface area contributed by atoms with Crippen LogP contribution in [-0.4, -0.2) is 35.4 Å². The lowest BCUT2D eigenvalue weighted by molar-refractivity contribution is -0.119. The summed E-state index contributed by atoms with van der Waals surface area (Å²) < 4.78 is 15.5. The number of nitrogens with two attached hydrogens (primary N) is 1. The molecule has 10 heteroatoms. The van der Waals surface area contributed by atoms with Crippen LogP contribution in [0.3, 0.4) is 0 Å². The van der Waals surface area contributed by atoms with Gasteiger partial charge in [0.25, 0.3) is 0 Å². The van der Waals surface area contributed by atoms with Crippen LogP contribution in [0.2, 0.25) is 0 Å². The van der Waals surface area contributed by atoms with E-state index in [-0.39, 0.29) is 34.9 Å². The summed E-state index contributed by atoms with van der Waals surface area (Å²) in [7, 11) is 0. The van der Waals surface area contributed by atoms with E-state index in [0.717, 1.165) is 5.56 Å². The molecule has 178 valence electrons. The average Bonchev–Trinajstić information content (AvgIpc) is 3.42. The van der Waals surface area contributed by atoms with E-state index in [1.165, 1.54) is 24.3 Å². The summed E-state index contributed by atoms with van der Waals surface area (Å²) in [4.78, 5) is 31.3. The Bertz CT molecular complexity index is 1680. The summed E-state index contributed by atoms with van der Waals surface area (Å²) in [5.74, 6) is 0.0119. The summed E-state index contributed by atoms with van der Waals surface area (Å²) in [6, 6.07) is 12.8. The van der Waals surface area contributed by atoms with E-state index in [4.69, 9.17) is 10.7 Å². The van der Waals surface area contributed by atoms with E-state index < -0.39 is 5.41 Å². The number of hydrogen-bond donors (Lipinski definition) is 3. The number of amides is 1. The average molecular weight is 481 g/mol. The van der Waals surface area contributed by atoms with Crippen molar-refractivity contribution in [1.82, 2.24) is 24.3 Å². The molecule has 9 nitrogen and oxygen atoms in total. The first-order valence-electron chi connectivity index (χ1n) is 11.2. The summed E-state index contributed by atoms with van der Waals surface area (Å²) in [5.41, 5.74) is 8.62. The number of carbonyl (C=O) groups is 1. The molecule has 36 heavy (non-hydrogen) atoms. The second-order valence-electron chi connectivity index (χ2n) is 8.82. The van der Waals surface area contributed by atoms with Crippen molar-refractivity contribution in [3.05, 3.63) is 95.3 Å². The third-order valence-corrected chi connectivity index (χ3v) is 6.48. The van der Waals surface area contributed by atoms with E-state index >= 15 is 0 Å². The second-order valence-corrected chi connectivity index (χ2v) is 8.82. The van der Waals surface area contributed by atoms with Gasteiger partial charge < -0.3 is 20.6 Å². The molecular formula is C26H20FN7O2. The number of imidazole rings is 1. The molecule has 4 heterocycles. The van der Waals surface area contributed by atoms with Crippen LogP contribution in [-0.2, 0) is 16.6 Å². The molecule has 1 aliphatic rings. The lowest BCUT2D eigenvalue weighted by Crippen LogP contribution is -2.32. The monoisotopic (exact) mass is 481 g/mol. The Labute approximate surface area is 204 Å². The number of phenolic OH excluding ortho intramolecular Hbond substituents is 1. The van der Waals surface area contributed by atoms with Gasteiger partial charge in [-0.25, -0.2) is 24.3 Å². The second kappa shape index (κ2) is 7.84. The number of halogens is 1. The summed E-state index contributed by atoms with van der Waals surface area (Å²) in [6.07, 6.45) is 5.49. The summed E-state index contributed by atoms with van der Waals surface area (Å²) >= 11 is 0. The molecule has 0 fully saturated rings. The first-order chi connectivity index (χ1) is 17.3. The molecule has 4 N–H and O–H groups in total. The van der Waals surface area contributed by atoms with Crippen LogP contribution in [0.1, 0.15) is 29.3 Å². The molecule has 0 spiro atoms. The Morgan fingerprint density at radius 3 is 2.78 bits per heavy atom. The van der Waals surface area contributed by atoms with Gasteiger partial charge in [0.1, 0.15) is 34.3 Å². The maximum atomic E-state index is 13.8. The Kier molecular flexibility index (Phi) is 4.72. The van der Waals surface area contributed by atoms with Crippen molar-refractivity contribution in [2.75, 3.05) is 11.1 Å². The molecule has 0 radical (unpaired) electrons. The van der Waals surface area contributed by atoms with Crippen molar-refractivity contribution >= 4 is 23.2 Å². The standard InChI is InChI=1S/C26H20FN7O2/c1-26(15-5-3-7-17(35)12-15)20-21(28)31-22(32-23(20)33-25(26)36)19-13-34-9-8-29-24(34)18(30-19)11-14-4-2-6-16(27)10-14/h2-10,12-13,35H,11H2,1H3,(H3,28,31,32,33,36)/t26-/m0/s1. The molecule has 6 rings (SSSR count). The number of fused-ring (bicyclic) bond motifs is 2. The first kappa shape index (κ1) is 21.7. The lowest BCUT2D eigenvalue weighted by atomic mass is 9.77. The van der Waals surface area contributed by atoms with E-state index in [9.17, 15) is 14.3 Å². The van der Waals surface area contributed by atoms with Gasteiger partial charge in [-0.3, -0.25) is 4.79 Å². The van der Waals surface area contributed by atoms with Gasteiger partial charge in [-0.2, -0.15) is 0 Å². The van der Waals surface area contributed by atoms with Gasteiger partial charge in [0.2, 0.25) is 5.91 Å². The van der Waals surface area contributed by atoms with Gasteiger partial charge in [0.05, 0.1) is 11.3 Å². The molecule has 0 unspecified atom stereocenters. The number of aromatic nitrogens is 5. The van der Waals surface area contributed by atoms with Crippen LogP contribution in [0.25, 0.3) is 17.2 Å². The highest BCUT2D eigenvalue weighted by molar-refractivity contribution is 6.09. The highest BCUT2D eigenvalue weighted by Crippen LogP contribution is 2.45. The zero-order valence-electron chi connectivity index (χ0n) is 19.1. The molecule has 0 saturated heterocycles. The van der Waals surface area contributed by atoms with Crippen molar-refractivity contribution in [2.45, 2.75) is 18.8 Å². The van der Waals surface area contributed by atoms with Crippen LogP contribution in [0.15, 0.2) is 67.1 Å². The van der Waals surface area contributed by atoms with Gasteiger partial charge >= 0.3 is 0 Å². The number of anilines is 2. The quantitative estimate of drug-likeness (QED) is 0.358. The van der Waals surface area contributed by atoms with Gasteiger partial charge in [-0.05, 0) is 42.3 Å². The van der Waals surface area contributed by atoms with Crippen molar-refractivity contribution in [3.8, 4) is 17.3 Å². The van der Waals surface area contributed by atoms with Crippen LogP contribution >= 0.6 is 0 Å². The molecule has 0 aliphatic carbocycles. The van der Waals surface area contributed by atoms with Crippen LogP contribution < -0.4 is 11.1 Å². The van der Waals surface area contributed by atoms with Gasteiger partial charge in [-0.15, -0.1) is 0 Å². The van der Waals surface area contributed by atoms with Crippen molar-refractivity contribution in [3.63, 3.8) is 0 Å². The van der Waals surface area contributed by atoms with E-state index in [1.807, 2.05) is 6.07 Å². The fraction of sp³-hybridized carbons (Fsp3) is 0.115. The maximum Gasteiger partial charge on any atom is 0.240 e. The van der Waals surface area contributed by atoms with Crippen LogP contribution in [0.5, 0.6) is 5.75 Å². The predicted molar refractivity (Wildman–Crippen MR) is 131 cm³/mol. The third-order valence-electron chi connectivity index (χ3n) is 6.48. The Morgan fingerprint density at radius 1 is 1.14 bits per heavy atom. The minimum absolute atomic E-state index is 0.0368. The fourth-order valence-corrected chi connectivity index (χ4v) is 4.68. The molecular weight excluding hydrogens is 461 g/mol. The molecule has 1 atom stereocenters. The van der Waals surface area contributed by atoms with E-state index in [0.29, 0.717) is 34.6 Å². The lowest BCUT2D eigenvalue weighted by Gasteiger charge is -2.23. The van der Waals surface area contributed by atoms with Crippen molar-refractivity contribution in [2.24, 2.45) is 0 Å². The number of nitrogens with zero attached hydrogens (tertiary/aromatic N) is 5. The Hall–Kier alpha value is -4.86. The number of nitrogen functional groups attached to an aromatic ring is 1. The SMILES string of the molecule is C[C@@]1(c2cccc(O)c2)C(=O)Nc2nc(-c3cn4ccnc4c(Cc4cccc(F)c4)n3)nc(N)c21. The number of nitrogens with one attached hydrogen (secondary N) is 1. The summed E-state index contributed by atoms with van der Waals surface area (Å²) in [6.45, 7) is 1.72. The van der Waals surface area contributed by atoms with Gasteiger partial charge in [-0.1, -0.05) is 24.3 Å². The van der Waals surface area contributed by atoms with Gasteiger partial charge in [0, 0.05) is 25.0 Å². The number of phenols is 1. The Morgan fingerprint density at radius 2 is 1.97 bits per heavy atom. The maximum absolute atomic E-state index is 13.8. The normalized spacial score (nSPS) is 16.8. The molecule has 5 aromatic rings. The fourth-order valence-electron chi connectivity index (χ4n) is 4.68. The Balaban J connectivity index is 1.47. The molecule has 0 bridgehead atoms. The topological polar surface area (TPSA) is 131 Å². The molecule has 0 saturated carbocycles. The number of aromatic hydroxyl groups is 1. The number of hydrogen-bond acceptors (Lipinski definition) is 7. The van der Waals surface area contributed by atoms with Crippen molar-refractivity contribution in [1.29, 1.82) is 0 Å². The van der Waals surface area contributed by atoms with Crippen molar-refractivity contribution < 1.29 is 14.3 Å². The molecule has 1 amide bonds. The minimum atomic E-state index is -1.18. The smallest absolute Gasteiger partial charge is 0.240 e. The number of carbonyl (C=O) groups excluding carboxylic acids is 1. The largest absolute Gasteiger partial charge is 0.508 e. The van der Waals surface area contributed by atoms with E-state index in [2.05, 4.69) is 20.3 Å². The number of rotatable bonds is 4.